The topological polar surface area (TPSA) is 67.9 Å². The van der Waals surface area contributed by atoms with Crippen molar-refractivity contribution >= 4 is 11.8 Å². The average Bonchev–Trinajstić information content (AvgIpc) is 3.38. The first-order valence-corrected chi connectivity index (χ1v) is 9.25. The third-order valence-corrected chi connectivity index (χ3v) is 5.16. The fourth-order valence-electron chi connectivity index (χ4n) is 3.67. The van der Waals surface area contributed by atoms with Crippen LogP contribution in [0.15, 0.2) is 18.2 Å². The van der Waals surface area contributed by atoms with E-state index in [9.17, 15) is 9.59 Å². The largest absolute Gasteiger partial charge is 0.497 e. The number of carbonyl (C=O) groups is 2. The molecule has 1 saturated carbocycles. The van der Waals surface area contributed by atoms with E-state index in [0.717, 1.165) is 29.9 Å². The van der Waals surface area contributed by atoms with E-state index in [-0.39, 0.29) is 35.6 Å². The highest BCUT2D eigenvalue weighted by Crippen LogP contribution is 2.41. The first-order chi connectivity index (χ1) is 12.4. The second-order valence-corrected chi connectivity index (χ2v) is 7.50. The van der Waals surface area contributed by atoms with Gasteiger partial charge in [-0.3, -0.25) is 9.59 Å². The Labute approximate surface area is 154 Å². The van der Waals surface area contributed by atoms with Crippen LogP contribution in [0.2, 0.25) is 0 Å². The second-order valence-electron chi connectivity index (χ2n) is 7.50. The van der Waals surface area contributed by atoms with E-state index >= 15 is 0 Å². The zero-order valence-corrected chi connectivity index (χ0v) is 16.0. The maximum Gasteiger partial charge on any atom is 0.225 e. The number of likely N-dealkylation sites (tertiary alicyclic amines) is 1. The van der Waals surface area contributed by atoms with E-state index < -0.39 is 0 Å². The van der Waals surface area contributed by atoms with Crippen molar-refractivity contribution in [2.75, 3.05) is 27.3 Å². The van der Waals surface area contributed by atoms with Crippen molar-refractivity contribution in [3.05, 3.63) is 23.8 Å². The molecule has 1 aliphatic carbocycles. The lowest BCUT2D eigenvalue weighted by atomic mass is 9.87. The molecule has 1 aromatic rings. The zero-order valence-electron chi connectivity index (χ0n) is 16.0. The summed E-state index contributed by atoms with van der Waals surface area (Å²) in [6.07, 6.45) is 1.93. The molecule has 3 rings (SSSR count). The standard InChI is InChI=1S/C20H28N2O4/c1-12(2)21-19(23)17-11-22(20(24)13-5-6-13)10-16(17)15-9-14(25-3)7-8-18(15)26-4/h7-9,12-13,16-17H,5-6,10-11H2,1-4H3,(H,21,23)/t16-,17+/m0/s1. The smallest absolute Gasteiger partial charge is 0.225 e. The van der Waals surface area contributed by atoms with E-state index in [4.69, 9.17) is 9.47 Å². The van der Waals surface area contributed by atoms with Gasteiger partial charge in [-0.2, -0.15) is 0 Å². The lowest BCUT2D eigenvalue weighted by molar-refractivity contribution is -0.132. The van der Waals surface area contributed by atoms with Gasteiger partial charge in [-0.15, -0.1) is 0 Å². The van der Waals surface area contributed by atoms with Crippen LogP contribution in [0, 0.1) is 11.8 Å². The third-order valence-electron chi connectivity index (χ3n) is 5.16. The SMILES string of the molecule is COc1ccc(OC)c([C@@H]2CN(C(=O)C3CC3)C[C@H]2C(=O)NC(C)C)c1. The number of carbonyl (C=O) groups excluding carboxylic acids is 2. The average molecular weight is 360 g/mol. The molecule has 6 nitrogen and oxygen atoms in total. The molecule has 26 heavy (non-hydrogen) atoms. The third kappa shape index (κ3) is 3.79. The van der Waals surface area contributed by atoms with Crippen molar-refractivity contribution in [2.24, 2.45) is 11.8 Å². The molecule has 1 saturated heterocycles. The van der Waals surface area contributed by atoms with Crippen molar-refractivity contribution in [1.82, 2.24) is 10.2 Å². The van der Waals surface area contributed by atoms with Crippen LogP contribution in [0.3, 0.4) is 0 Å². The van der Waals surface area contributed by atoms with Crippen molar-refractivity contribution in [3.63, 3.8) is 0 Å². The first kappa shape index (κ1) is 18.5. The van der Waals surface area contributed by atoms with Crippen LogP contribution in [0.25, 0.3) is 0 Å². The summed E-state index contributed by atoms with van der Waals surface area (Å²) >= 11 is 0. The number of benzene rings is 1. The Morgan fingerprint density at radius 3 is 2.46 bits per heavy atom. The number of rotatable bonds is 6. The molecule has 2 atom stereocenters. The van der Waals surface area contributed by atoms with Crippen LogP contribution < -0.4 is 14.8 Å². The highest BCUT2D eigenvalue weighted by atomic mass is 16.5. The molecule has 2 amide bonds. The molecule has 1 aromatic carbocycles. The van der Waals surface area contributed by atoms with Crippen molar-refractivity contribution < 1.29 is 19.1 Å². The molecular formula is C20H28N2O4. The van der Waals surface area contributed by atoms with Crippen molar-refractivity contribution in [2.45, 2.75) is 38.6 Å². The summed E-state index contributed by atoms with van der Waals surface area (Å²) in [5.74, 6) is 1.35. The lowest BCUT2D eigenvalue weighted by Gasteiger charge is -2.22. The van der Waals surface area contributed by atoms with Gasteiger partial charge >= 0.3 is 0 Å². The van der Waals surface area contributed by atoms with Crippen LogP contribution in [-0.4, -0.2) is 50.1 Å². The van der Waals surface area contributed by atoms with E-state index in [1.54, 1.807) is 14.2 Å². The normalized spacial score (nSPS) is 22.4. The predicted molar refractivity (Wildman–Crippen MR) is 98.4 cm³/mol. The minimum Gasteiger partial charge on any atom is -0.497 e. The molecule has 1 heterocycles. The van der Waals surface area contributed by atoms with Gasteiger partial charge in [-0.1, -0.05) is 0 Å². The summed E-state index contributed by atoms with van der Waals surface area (Å²) in [6, 6.07) is 5.68. The number of amides is 2. The maximum atomic E-state index is 12.8. The van der Waals surface area contributed by atoms with Crippen LogP contribution in [0.1, 0.15) is 38.2 Å². The first-order valence-electron chi connectivity index (χ1n) is 9.25. The highest BCUT2D eigenvalue weighted by molar-refractivity contribution is 5.85. The van der Waals surface area contributed by atoms with Gasteiger partial charge in [0.15, 0.2) is 0 Å². The minimum absolute atomic E-state index is 0.0130. The summed E-state index contributed by atoms with van der Waals surface area (Å²) in [5.41, 5.74) is 0.918. The van der Waals surface area contributed by atoms with Crippen LogP contribution in [-0.2, 0) is 9.59 Å². The summed E-state index contributed by atoms with van der Waals surface area (Å²) in [6.45, 7) is 4.89. The number of methoxy groups -OCH3 is 2. The molecule has 6 heteroatoms. The van der Waals surface area contributed by atoms with Crippen molar-refractivity contribution in [3.8, 4) is 11.5 Å². The Balaban J connectivity index is 1.92. The van der Waals surface area contributed by atoms with Crippen LogP contribution in [0.5, 0.6) is 11.5 Å². The van der Waals surface area contributed by atoms with Gasteiger partial charge in [0.2, 0.25) is 11.8 Å². The Morgan fingerprint density at radius 1 is 1.15 bits per heavy atom. The molecule has 0 bridgehead atoms. The van der Waals surface area contributed by atoms with Gasteiger partial charge in [0, 0.05) is 36.5 Å². The second kappa shape index (κ2) is 7.56. The highest BCUT2D eigenvalue weighted by Gasteiger charge is 2.44. The van der Waals surface area contributed by atoms with Crippen LogP contribution in [0.4, 0.5) is 0 Å². The van der Waals surface area contributed by atoms with Gasteiger partial charge in [-0.05, 0) is 44.9 Å². The monoisotopic (exact) mass is 360 g/mol. The lowest BCUT2D eigenvalue weighted by Crippen LogP contribution is -2.39. The molecule has 0 aromatic heterocycles. The minimum atomic E-state index is -0.291. The molecule has 1 aliphatic heterocycles. The van der Waals surface area contributed by atoms with Gasteiger partial charge in [-0.25, -0.2) is 0 Å². The van der Waals surface area contributed by atoms with E-state index in [2.05, 4.69) is 5.32 Å². The molecule has 0 unspecified atom stereocenters. The number of hydrogen-bond donors (Lipinski definition) is 1. The molecule has 142 valence electrons. The molecule has 2 aliphatic rings. The van der Waals surface area contributed by atoms with Gasteiger partial charge in [0.1, 0.15) is 11.5 Å². The van der Waals surface area contributed by atoms with Crippen molar-refractivity contribution in [1.29, 1.82) is 0 Å². The number of hydrogen-bond acceptors (Lipinski definition) is 4. The summed E-state index contributed by atoms with van der Waals surface area (Å²) in [7, 11) is 3.24. The molecule has 0 spiro atoms. The Morgan fingerprint density at radius 2 is 1.88 bits per heavy atom. The van der Waals surface area contributed by atoms with E-state index in [0.29, 0.717) is 13.1 Å². The summed E-state index contributed by atoms with van der Waals surface area (Å²) in [5, 5.41) is 3.01. The molecule has 2 fully saturated rings. The Hall–Kier alpha value is -2.24. The van der Waals surface area contributed by atoms with E-state index in [1.165, 1.54) is 0 Å². The fraction of sp³-hybridized carbons (Fsp3) is 0.600. The van der Waals surface area contributed by atoms with Gasteiger partial charge in [0.25, 0.3) is 0 Å². The zero-order chi connectivity index (χ0) is 18.8. The molecule has 0 radical (unpaired) electrons. The number of ether oxygens (including phenoxy) is 2. The van der Waals surface area contributed by atoms with Gasteiger partial charge < -0.3 is 19.7 Å². The number of nitrogens with one attached hydrogen (secondary N) is 1. The maximum absolute atomic E-state index is 12.8. The summed E-state index contributed by atoms with van der Waals surface area (Å²) in [4.78, 5) is 27.3. The Kier molecular flexibility index (Phi) is 5.39. The molecule has 1 N–H and O–H groups in total. The summed E-state index contributed by atoms with van der Waals surface area (Å²) < 4.78 is 10.9. The Bertz CT molecular complexity index is 684. The fourth-order valence-corrected chi connectivity index (χ4v) is 3.67. The number of nitrogens with zero attached hydrogens (tertiary/aromatic N) is 1. The van der Waals surface area contributed by atoms with E-state index in [1.807, 2.05) is 36.9 Å². The quantitative estimate of drug-likeness (QED) is 0.844. The van der Waals surface area contributed by atoms with Crippen LogP contribution >= 0.6 is 0 Å². The molecular weight excluding hydrogens is 332 g/mol. The van der Waals surface area contributed by atoms with Gasteiger partial charge in [0.05, 0.1) is 20.1 Å². The predicted octanol–water partition coefficient (Wildman–Crippen LogP) is 2.18.